The van der Waals surface area contributed by atoms with E-state index in [1.807, 2.05) is 32.0 Å². The molecule has 4 rings (SSSR count). The van der Waals surface area contributed by atoms with Crippen LogP contribution in [0.15, 0.2) is 77.4 Å². The van der Waals surface area contributed by atoms with Crippen molar-refractivity contribution < 1.29 is 23.7 Å². The average molecular weight is 601 g/mol. The number of carbonyl (C=O) groups is 1. The van der Waals surface area contributed by atoms with Crippen LogP contribution >= 0.6 is 27.5 Å². The number of nitrogens with one attached hydrogen (secondary N) is 1. The molecule has 0 aliphatic rings. The molecule has 10 heteroatoms. The van der Waals surface area contributed by atoms with Gasteiger partial charge in [-0.25, -0.2) is 4.68 Å². The lowest BCUT2D eigenvalue weighted by molar-refractivity contribution is 0.102. The summed E-state index contributed by atoms with van der Waals surface area (Å²) in [6, 6.07) is 19.7. The summed E-state index contributed by atoms with van der Waals surface area (Å²) in [5.74, 6) is 2.37. The van der Waals surface area contributed by atoms with Gasteiger partial charge in [-0.15, -0.1) is 0 Å². The van der Waals surface area contributed by atoms with Gasteiger partial charge in [0.25, 0.3) is 5.91 Å². The Bertz CT molecular complexity index is 1380. The molecule has 3 aromatic carbocycles. The molecule has 0 saturated carbocycles. The number of aromatic nitrogens is 2. The first-order chi connectivity index (χ1) is 18.4. The molecule has 1 N–H and O–H groups in total. The van der Waals surface area contributed by atoms with Gasteiger partial charge in [0.1, 0.15) is 18.1 Å². The summed E-state index contributed by atoms with van der Waals surface area (Å²) >= 11 is 9.36. The highest BCUT2D eigenvalue weighted by Crippen LogP contribution is 2.30. The number of carbonyl (C=O) groups excluding carboxylic acids is 1. The fraction of sp³-hybridized carbons (Fsp3) is 0.214. The van der Waals surface area contributed by atoms with E-state index in [2.05, 4.69) is 26.3 Å². The van der Waals surface area contributed by atoms with E-state index in [9.17, 15) is 4.79 Å². The topological polar surface area (TPSA) is 83.8 Å². The molecule has 1 amide bonds. The number of anilines is 1. The lowest BCUT2D eigenvalue weighted by Gasteiger charge is -2.13. The first-order valence-electron chi connectivity index (χ1n) is 12.0. The van der Waals surface area contributed by atoms with E-state index in [1.54, 1.807) is 54.7 Å². The van der Waals surface area contributed by atoms with E-state index in [0.29, 0.717) is 53.5 Å². The fourth-order valence-electron chi connectivity index (χ4n) is 3.46. The molecule has 0 radical (unpaired) electrons. The van der Waals surface area contributed by atoms with Crippen LogP contribution in [0.25, 0.3) is 0 Å². The number of halogens is 2. The van der Waals surface area contributed by atoms with Gasteiger partial charge in [-0.2, -0.15) is 5.10 Å². The predicted molar refractivity (Wildman–Crippen MR) is 150 cm³/mol. The second-order valence-corrected chi connectivity index (χ2v) is 9.29. The Balaban J connectivity index is 1.29. The maximum Gasteiger partial charge on any atom is 0.276 e. The Morgan fingerprint density at radius 2 is 1.63 bits per heavy atom. The molecule has 1 aromatic heterocycles. The van der Waals surface area contributed by atoms with Crippen molar-refractivity contribution >= 4 is 39.1 Å². The van der Waals surface area contributed by atoms with E-state index in [4.69, 9.17) is 30.5 Å². The Morgan fingerprint density at radius 3 is 2.37 bits per heavy atom. The minimum atomic E-state index is -0.331. The SMILES string of the molecule is CCOc1ccc(COc2ccc(NC(=O)c3ccn(COc4ccc(Cl)cc4Br)n3)cc2)cc1OCC. The van der Waals surface area contributed by atoms with Crippen molar-refractivity contribution in [3.05, 3.63) is 93.7 Å². The van der Waals surface area contributed by atoms with Crippen LogP contribution in [0, 0.1) is 0 Å². The number of hydrogen-bond acceptors (Lipinski definition) is 6. The Hall–Kier alpha value is -3.69. The largest absolute Gasteiger partial charge is 0.490 e. The Labute approximate surface area is 234 Å². The molecule has 8 nitrogen and oxygen atoms in total. The quantitative estimate of drug-likeness (QED) is 0.189. The lowest BCUT2D eigenvalue weighted by Crippen LogP contribution is -2.14. The van der Waals surface area contributed by atoms with Crippen LogP contribution in [-0.4, -0.2) is 28.9 Å². The number of rotatable bonds is 12. The summed E-state index contributed by atoms with van der Waals surface area (Å²) in [7, 11) is 0. The predicted octanol–water partition coefficient (Wildman–Crippen LogP) is 6.96. The second kappa shape index (κ2) is 13.2. The molecule has 0 saturated heterocycles. The van der Waals surface area contributed by atoms with Crippen LogP contribution in [0.5, 0.6) is 23.0 Å². The molecule has 0 atom stereocenters. The van der Waals surface area contributed by atoms with E-state index >= 15 is 0 Å². The van der Waals surface area contributed by atoms with Crippen molar-refractivity contribution in [1.82, 2.24) is 9.78 Å². The first kappa shape index (κ1) is 27.3. The summed E-state index contributed by atoms with van der Waals surface area (Å²) in [5, 5.41) is 7.72. The zero-order chi connectivity index (χ0) is 26.9. The van der Waals surface area contributed by atoms with Crippen molar-refractivity contribution in [3.8, 4) is 23.0 Å². The molecular weight excluding hydrogens is 574 g/mol. The van der Waals surface area contributed by atoms with Gasteiger partial charge in [-0.05, 0) is 96.0 Å². The van der Waals surface area contributed by atoms with E-state index in [1.165, 1.54) is 4.68 Å². The first-order valence-corrected chi connectivity index (χ1v) is 13.2. The molecule has 4 aromatic rings. The van der Waals surface area contributed by atoms with E-state index in [0.717, 1.165) is 10.0 Å². The van der Waals surface area contributed by atoms with Gasteiger partial charge in [-0.1, -0.05) is 17.7 Å². The number of hydrogen-bond donors (Lipinski definition) is 1. The number of amides is 1. The van der Waals surface area contributed by atoms with Crippen LogP contribution in [0.1, 0.15) is 29.9 Å². The van der Waals surface area contributed by atoms with Crippen molar-refractivity contribution in [2.75, 3.05) is 18.5 Å². The molecular formula is C28H27BrClN3O5. The van der Waals surface area contributed by atoms with Gasteiger partial charge in [0.2, 0.25) is 0 Å². The molecule has 0 fully saturated rings. The highest BCUT2D eigenvalue weighted by Gasteiger charge is 2.11. The maximum absolute atomic E-state index is 12.6. The summed E-state index contributed by atoms with van der Waals surface area (Å²) in [6.45, 7) is 5.49. The van der Waals surface area contributed by atoms with Crippen LogP contribution < -0.4 is 24.3 Å². The van der Waals surface area contributed by atoms with Crippen LogP contribution in [-0.2, 0) is 13.3 Å². The number of benzene rings is 3. The van der Waals surface area contributed by atoms with Crippen molar-refractivity contribution in [3.63, 3.8) is 0 Å². The van der Waals surface area contributed by atoms with Gasteiger partial charge in [-0.3, -0.25) is 4.79 Å². The zero-order valence-electron chi connectivity index (χ0n) is 20.9. The van der Waals surface area contributed by atoms with Crippen LogP contribution in [0.3, 0.4) is 0 Å². The second-order valence-electron chi connectivity index (χ2n) is 8.00. The molecule has 1 heterocycles. The van der Waals surface area contributed by atoms with Crippen molar-refractivity contribution in [2.24, 2.45) is 0 Å². The minimum absolute atomic E-state index is 0.139. The number of ether oxygens (including phenoxy) is 4. The molecule has 0 aliphatic heterocycles. The van der Waals surface area contributed by atoms with Crippen LogP contribution in [0.4, 0.5) is 5.69 Å². The fourth-order valence-corrected chi connectivity index (χ4v) is 4.26. The molecule has 0 aliphatic carbocycles. The van der Waals surface area contributed by atoms with Gasteiger partial charge < -0.3 is 24.3 Å². The highest BCUT2D eigenvalue weighted by atomic mass is 79.9. The smallest absolute Gasteiger partial charge is 0.276 e. The van der Waals surface area contributed by atoms with Crippen molar-refractivity contribution in [1.29, 1.82) is 0 Å². The van der Waals surface area contributed by atoms with Gasteiger partial charge in [0.05, 0.1) is 17.7 Å². The lowest BCUT2D eigenvalue weighted by atomic mass is 10.2. The third-order valence-electron chi connectivity index (χ3n) is 5.25. The summed E-state index contributed by atoms with van der Waals surface area (Å²) in [4.78, 5) is 12.6. The molecule has 0 spiro atoms. The molecule has 0 unspecified atom stereocenters. The Morgan fingerprint density at radius 1 is 0.895 bits per heavy atom. The standard InChI is InChI=1S/C28H27BrClN3O5/c1-3-35-26-11-5-19(15-27(26)36-4-2)17-37-22-9-7-21(8-10-22)31-28(34)24-13-14-33(32-24)18-38-25-12-6-20(30)16-23(25)29/h5-16H,3-4,17-18H2,1-2H3,(H,31,34). The zero-order valence-corrected chi connectivity index (χ0v) is 23.3. The Kier molecular flexibility index (Phi) is 9.51. The van der Waals surface area contributed by atoms with E-state index in [-0.39, 0.29) is 18.3 Å². The average Bonchev–Trinajstić information content (AvgIpc) is 3.39. The van der Waals surface area contributed by atoms with Crippen LogP contribution in [0.2, 0.25) is 5.02 Å². The normalized spacial score (nSPS) is 10.6. The third kappa shape index (κ3) is 7.43. The van der Waals surface area contributed by atoms with E-state index < -0.39 is 0 Å². The minimum Gasteiger partial charge on any atom is -0.490 e. The highest BCUT2D eigenvalue weighted by molar-refractivity contribution is 9.10. The van der Waals surface area contributed by atoms with Gasteiger partial charge in [0.15, 0.2) is 23.9 Å². The summed E-state index contributed by atoms with van der Waals surface area (Å²) in [5.41, 5.74) is 1.85. The maximum atomic E-state index is 12.6. The molecule has 198 valence electrons. The molecule has 0 bridgehead atoms. The van der Waals surface area contributed by atoms with Crippen molar-refractivity contribution in [2.45, 2.75) is 27.2 Å². The van der Waals surface area contributed by atoms with Gasteiger partial charge >= 0.3 is 0 Å². The monoisotopic (exact) mass is 599 g/mol. The summed E-state index contributed by atoms with van der Waals surface area (Å²) < 4.78 is 25.2. The van der Waals surface area contributed by atoms with Gasteiger partial charge in [0, 0.05) is 16.9 Å². The molecule has 38 heavy (non-hydrogen) atoms. The summed E-state index contributed by atoms with van der Waals surface area (Å²) in [6.07, 6.45) is 1.67. The number of nitrogens with zero attached hydrogens (tertiary/aromatic N) is 2. The third-order valence-corrected chi connectivity index (χ3v) is 6.10.